The van der Waals surface area contributed by atoms with Crippen LogP contribution in [0.25, 0.3) is 28.2 Å². The van der Waals surface area contributed by atoms with Gasteiger partial charge in [0.25, 0.3) is 5.56 Å². The highest BCUT2D eigenvalue weighted by molar-refractivity contribution is 5.79. The van der Waals surface area contributed by atoms with Gasteiger partial charge in [-0.1, -0.05) is 60.2 Å². The van der Waals surface area contributed by atoms with E-state index in [1.54, 1.807) is 7.05 Å². The fourth-order valence-electron chi connectivity index (χ4n) is 4.46. The van der Waals surface area contributed by atoms with Crippen molar-refractivity contribution in [2.24, 2.45) is 14.1 Å². The third-order valence-corrected chi connectivity index (χ3v) is 6.22. The molecular weight excluding hydrogens is 402 g/mol. The Hall–Kier alpha value is -3.87. The molecule has 0 spiro atoms. The Kier molecular flexibility index (Phi) is 4.62. The molecule has 5 rings (SSSR count). The molecule has 0 aliphatic rings. The molecule has 5 aromatic rings. The van der Waals surface area contributed by atoms with E-state index >= 15 is 0 Å². The van der Waals surface area contributed by atoms with Crippen molar-refractivity contribution in [2.45, 2.75) is 26.8 Å². The van der Waals surface area contributed by atoms with Gasteiger partial charge in [-0.3, -0.25) is 18.3 Å². The summed E-state index contributed by atoms with van der Waals surface area (Å²) in [5.41, 5.74) is 5.55. The van der Waals surface area contributed by atoms with Crippen LogP contribution < -0.4 is 11.2 Å². The third kappa shape index (κ3) is 2.92. The molecule has 2 aromatic carbocycles. The van der Waals surface area contributed by atoms with Crippen LogP contribution >= 0.6 is 0 Å². The lowest BCUT2D eigenvalue weighted by molar-refractivity contribution is 0.705. The standard InChI is InChI=1S/C25H25N5O2/c1-16-10-12-19(13-11-16)20-17(2)30-21-22(27(3)25(32)28(4)23(21)31)26-24(30)29(20)15-14-18-8-6-5-7-9-18/h5-13H,14-15H2,1-4H3. The molecule has 32 heavy (non-hydrogen) atoms. The van der Waals surface area contributed by atoms with E-state index in [1.807, 2.05) is 29.5 Å². The number of nitrogens with zero attached hydrogens (tertiary/aromatic N) is 5. The molecule has 3 aromatic heterocycles. The number of imidazole rings is 2. The average molecular weight is 428 g/mol. The Morgan fingerprint density at radius 3 is 2.25 bits per heavy atom. The van der Waals surface area contributed by atoms with Crippen LogP contribution in [0.1, 0.15) is 16.8 Å². The first-order valence-corrected chi connectivity index (χ1v) is 10.7. The Morgan fingerprint density at radius 1 is 0.875 bits per heavy atom. The topological polar surface area (TPSA) is 66.2 Å². The van der Waals surface area contributed by atoms with Crippen molar-refractivity contribution < 1.29 is 0 Å². The van der Waals surface area contributed by atoms with Crippen LogP contribution in [-0.4, -0.2) is 23.1 Å². The summed E-state index contributed by atoms with van der Waals surface area (Å²) in [4.78, 5) is 30.4. The fraction of sp³-hybridized carbons (Fsp3) is 0.240. The second-order valence-corrected chi connectivity index (χ2v) is 8.31. The second-order valence-electron chi connectivity index (χ2n) is 8.31. The highest BCUT2D eigenvalue weighted by atomic mass is 16.2. The zero-order valence-corrected chi connectivity index (χ0v) is 18.7. The summed E-state index contributed by atoms with van der Waals surface area (Å²) in [7, 11) is 3.16. The Balaban J connectivity index is 1.83. The number of rotatable bonds is 4. The van der Waals surface area contributed by atoms with E-state index in [1.165, 1.54) is 22.7 Å². The zero-order valence-electron chi connectivity index (χ0n) is 18.7. The van der Waals surface area contributed by atoms with Crippen LogP contribution in [0.2, 0.25) is 0 Å². The van der Waals surface area contributed by atoms with E-state index in [4.69, 9.17) is 4.98 Å². The molecule has 0 bridgehead atoms. The van der Waals surface area contributed by atoms with Crippen molar-refractivity contribution in [2.75, 3.05) is 0 Å². The molecule has 0 saturated heterocycles. The molecule has 0 amide bonds. The van der Waals surface area contributed by atoms with Crippen LogP contribution in [0.4, 0.5) is 0 Å². The fourth-order valence-corrected chi connectivity index (χ4v) is 4.46. The van der Waals surface area contributed by atoms with Crippen LogP contribution in [0.5, 0.6) is 0 Å². The van der Waals surface area contributed by atoms with Gasteiger partial charge in [-0.05, 0) is 25.8 Å². The molecule has 0 atom stereocenters. The molecule has 7 heteroatoms. The van der Waals surface area contributed by atoms with E-state index in [9.17, 15) is 9.59 Å². The molecule has 0 fully saturated rings. The summed E-state index contributed by atoms with van der Waals surface area (Å²) in [6, 6.07) is 18.7. The number of hydrogen-bond donors (Lipinski definition) is 0. The van der Waals surface area contributed by atoms with Gasteiger partial charge in [0, 0.05) is 31.9 Å². The average Bonchev–Trinajstić information content (AvgIpc) is 3.32. The van der Waals surface area contributed by atoms with Crippen molar-refractivity contribution in [3.63, 3.8) is 0 Å². The van der Waals surface area contributed by atoms with E-state index in [0.717, 1.165) is 27.9 Å². The number of aromatic nitrogens is 5. The molecule has 0 radical (unpaired) electrons. The van der Waals surface area contributed by atoms with Crippen molar-refractivity contribution >= 4 is 16.9 Å². The van der Waals surface area contributed by atoms with Gasteiger partial charge in [-0.15, -0.1) is 0 Å². The van der Waals surface area contributed by atoms with Gasteiger partial charge in [0.2, 0.25) is 5.78 Å². The number of benzene rings is 2. The molecule has 3 heterocycles. The molecule has 0 unspecified atom stereocenters. The Bertz CT molecular complexity index is 1580. The third-order valence-electron chi connectivity index (χ3n) is 6.22. The summed E-state index contributed by atoms with van der Waals surface area (Å²) >= 11 is 0. The van der Waals surface area contributed by atoms with E-state index in [-0.39, 0.29) is 11.2 Å². The lowest BCUT2D eigenvalue weighted by atomic mass is 10.1. The summed E-state index contributed by atoms with van der Waals surface area (Å²) in [5, 5.41) is 0. The first-order chi connectivity index (χ1) is 15.4. The summed E-state index contributed by atoms with van der Waals surface area (Å²) in [6.07, 6.45) is 0.823. The van der Waals surface area contributed by atoms with Gasteiger partial charge >= 0.3 is 5.69 Å². The minimum atomic E-state index is -0.379. The molecule has 7 nitrogen and oxygen atoms in total. The molecular formula is C25H25N5O2. The van der Waals surface area contributed by atoms with Crippen LogP contribution in [0, 0.1) is 13.8 Å². The maximum absolute atomic E-state index is 13.1. The van der Waals surface area contributed by atoms with E-state index < -0.39 is 0 Å². The van der Waals surface area contributed by atoms with Gasteiger partial charge in [0.1, 0.15) is 0 Å². The van der Waals surface area contributed by atoms with E-state index in [0.29, 0.717) is 23.5 Å². The maximum atomic E-state index is 13.1. The van der Waals surface area contributed by atoms with Gasteiger partial charge < -0.3 is 4.57 Å². The Morgan fingerprint density at radius 2 is 1.56 bits per heavy atom. The molecule has 0 aliphatic heterocycles. The van der Waals surface area contributed by atoms with Crippen LogP contribution in [-0.2, 0) is 27.1 Å². The number of aryl methyl sites for hydroxylation is 5. The van der Waals surface area contributed by atoms with E-state index in [2.05, 4.69) is 47.9 Å². The second kappa shape index (κ2) is 7.37. The highest BCUT2D eigenvalue weighted by Crippen LogP contribution is 2.30. The number of fused-ring (bicyclic) bond motifs is 3. The highest BCUT2D eigenvalue weighted by Gasteiger charge is 2.23. The predicted octanol–water partition coefficient (Wildman–Crippen LogP) is 3.21. The quantitative estimate of drug-likeness (QED) is 0.442. The summed E-state index contributed by atoms with van der Waals surface area (Å²) in [6.45, 7) is 4.77. The minimum Gasteiger partial charge on any atom is -0.309 e. The largest absolute Gasteiger partial charge is 0.332 e. The van der Waals surface area contributed by atoms with Crippen LogP contribution in [0.3, 0.4) is 0 Å². The van der Waals surface area contributed by atoms with Crippen molar-refractivity contribution in [3.05, 3.63) is 92.3 Å². The zero-order chi connectivity index (χ0) is 22.6. The SMILES string of the molecule is Cc1ccc(-c2c(C)n3c4c(=O)n(C)c(=O)n(C)c4nc3n2CCc2ccccc2)cc1. The van der Waals surface area contributed by atoms with Crippen molar-refractivity contribution in [3.8, 4) is 11.3 Å². The first-order valence-electron chi connectivity index (χ1n) is 10.7. The van der Waals surface area contributed by atoms with Gasteiger partial charge in [-0.2, -0.15) is 4.98 Å². The monoisotopic (exact) mass is 427 g/mol. The maximum Gasteiger partial charge on any atom is 0.332 e. The lowest BCUT2D eigenvalue weighted by Gasteiger charge is -2.11. The minimum absolute atomic E-state index is 0.339. The smallest absolute Gasteiger partial charge is 0.309 e. The normalized spacial score (nSPS) is 11.6. The molecule has 0 saturated carbocycles. The predicted molar refractivity (Wildman–Crippen MR) is 126 cm³/mol. The molecule has 162 valence electrons. The summed E-state index contributed by atoms with van der Waals surface area (Å²) < 4.78 is 6.65. The molecule has 0 N–H and O–H groups in total. The summed E-state index contributed by atoms with van der Waals surface area (Å²) in [5.74, 6) is 0.669. The Labute approximate surface area is 184 Å². The van der Waals surface area contributed by atoms with Crippen molar-refractivity contribution in [1.82, 2.24) is 23.1 Å². The molecule has 0 aliphatic carbocycles. The number of hydrogen-bond acceptors (Lipinski definition) is 3. The van der Waals surface area contributed by atoms with Crippen LogP contribution in [0.15, 0.2) is 64.2 Å². The van der Waals surface area contributed by atoms with Gasteiger partial charge in [-0.25, -0.2) is 4.79 Å². The first kappa shape index (κ1) is 20.1. The van der Waals surface area contributed by atoms with Crippen molar-refractivity contribution in [1.29, 1.82) is 0 Å². The van der Waals surface area contributed by atoms with Gasteiger partial charge in [0.15, 0.2) is 11.2 Å². The van der Waals surface area contributed by atoms with Gasteiger partial charge in [0.05, 0.1) is 5.69 Å². The lowest BCUT2D eigenvalue weighted by Crippen LogP contribution is -2.37.